The van der Waals surface area contributed by atoms with Gasteiger partial charge in [0.1, 0.15) is 18.5 Å². The molecule has 38 heavy (non-hydrogen) atoms. The largest absolute Gasteiger partial charge is 0.493 e. The number of aliphatic hydroxyl groups excluding tert-OH is 2. The van der Waals surface area contributed by atoms with Gasteiger partial charge in [0.05, 0.1) is 25.7 Å². The number of hydrogen-bond acceptors (Lipinski definition) is 7. The normalized spacial score (nSPS) is 21.6. The SMILES string of the molecule is CCC=CC(=O)N(Cc1ccccc1)[C@@H]1C=C(C(=O)NCCO)[C@@H]2c3cc(C=O)cc(OC)c3O[C@@H]2[C@H]1O. The molecule has 1 aliphatic carbocycles. The molecule has 0 radical (unpaired) electrons. The number of carbonyl (C=O) groups excluding carboxylic acids is 3. The standard InChI is InChI=1S/C29H32N2O7/c1-3-4-10-24(34)31(16-18-8-6-5-7-9-18)22-15-21(29(36)30-11-12-32)25-20-13-19(17-33)14-23(37-2)27(20)38-28(25)26(22)35/h4-10,13-15,17,22,25-26,28,32,35H,3,11-12,16H2,1-2H3,(H,30,36)/t22-,25+,26+,28+/m1/s1. The van der Waals surface area contributed by atoms with Gasteiger partial charge in [-0.25, -0.2) is 0 Å². The van der Waals surface area contributed by atoms with Gasteiger partial charge < -0.3 is 29.9 Å². The average molecular weight is 521 g/mol. The smallest absolute Gasteiger partial charge is 0.247 e. The van der Waals surface area contributed by atoms with Gasteiger partial charge in [0.25, 0.3) is 0 Å². The van der Waals surface area contributed by atoms with E-state index >= 15 is 0 Å². The Morgan fingerprint density at radius 2 is 1.97 bits per heavy atom. The van der Waals surface area contributed by atoms with Crippen LogP contribution < -0.4 is 14.8 Å². The first-order valence-electron chi connectivity index (χ1n) is 12.6. The molecule has 4 rings (SSSR count). The second-order valence-corrected chi connectivity index (χ2v) is 9.16. The number of rotatable bonds is 10. The first kappa shape index (κ1) is 27.1. The molecular formula is C29H32N2O7. The summed E-state index contributed by atoms with van der Waals surface area (Å²) < 4.78 is 11.6. The minimum absolute atomic E-state index is 0.0259. The Kier molecular flexibility index (Phi) is 8.60. The summed E-state index contributed by atoms with van der Waals surface area (Å²) in [4.78, 5) is 39.8. The fourth-order valence-corrected chi connectivity index (χ4v) is 4.98. The maximum absolute atomic E-state index is 13.4. The number of nitrogens with zero attached hydrogens (tertiary/aromatic N) is 1. The van der Waals surface area contributed by atoms with Gasteiger partial charge in [0.15, 0.2) is 11.5 Å². The van der Waals surface area contributed by atoms with Gasteiger partial charge in [-0.1, -0.05) is 43.3 Å². The predicted octanol–water partition coefficient (Wildman–Crippen LogP) is 2.13. The van der Waals surface area contributed by atoms with E-state index in [9.17, 15) is 24.6 Å². The number of aliphatic hydroxyl groups is 2. The Balaban J connectivity index is 1.83. The van der Waals surface area contributed by atoms with Crippen LogP contribution in [0.4, 0.5) is 0 Å². The van der Waals surface area contributed by atoms with E-state index in [4.69, 9.17) is 9.47 Å². The Morgan fingerprint density at radius 1 is 1.21 bits per heavy atom. The Bertz CT molecular complexity index is 1240. The van der Waals surface area contributed by atoms with Crippen molar-refractivity contribution >= 4 is 18.1 Å². The zero-order valence-electron chi connectivity index (χ0n) is 21.4. The van der Waals surface area contributed by atoms with Gasteiger partial charge in [0.2, 0.25) is 11.8 Å². The summed E-state index contributed by atoms with van der Waals surface area (Å²) in [5, 5.41) is 23.6. The third-order valence-electron chi connectivity index (χ3n) is 6.75. The van der Waals surface area contributed by atoms with E-state index in [1.165, 1.54) is 24.2 Å². The maximum Gasteiger partial charge on any atom is 0.247 e. The summed E-state index contributed by atoms with van der Waals surface area (Å²) in [6, 6.07) is 11.6. The van der Waals surface area contributed by atoms with Crippen LogP contribution in [0.5, 0.6) is 11.5 Å². The Morgan fingerprint density at radius 3 is 2.63 bits per heavy atom. The number of amides is 2. The number of nitrogens with one attached hydrogen (secondary N) is 1. The molecule has 0 bridgehead atoms. The molecule has 0 fully saturated rings. The molecule has 0 spiro atoms. The number of ether oxygens (including phenoxy) is 2. The molecule has 1 aliphatic heterocycles. The summed E-state index contributed by atoms with van der Waals surface area (Å²) >= 11 is 0. The second-order valence-electron chi connectivity index (χ2n) is 9.16. The van der Waals surface area contributed by atoms with Crippen LogP contribution in [0.1, 0.15) is 40.7 Å². The van der Waals surface area contributed by atoms with Crippen molar-refractivity contribution in [2.75, 3.05) is 20.3 Å². The maximum atomic E-state index is 13.4. The Labute approximate surface area is 221 Å². The zero-order valence-corrected chi connectivity index (χ0v) is 21.4. The number of carbonyl (C=O) groups is 3. The van der Waals surface area contributed by atoms with Crippen molar-refractivity contribution in [1.82, 2.24) is 10.2 Å². The third kappa shape index (κ3) is 5.34. The number of fused-ring (bicyclic) bond motifs is 3. The van der Waals surface area contributed by atoms with Crippen molar-refractivity contribution < 1.29 is 34.1 Å². The highest BCUT2D eigenvalue weighted by Crippen LogP contribution is 2.51. The molecule has 0 unspecified atom stereocenters. The first-order chi connectivity index (χ1) is 18.4. The topological polar surface area (TPSA) is 125 Å². The number of benzene rings is 2. The highest BCUT2D eigenvalue weighted by molar-refractivity contribution is 5.97. The van der Waals surface area contributed by atoms with E-state index in [0.29, 0.717) is 35.3 Å². The summed E-state index contributed by atoms with van der Waals surface area (Å²) in [6.07, 6.45) is 4.01. The van der Waals surface area contributed by atoms with E-state index in [1.54, 1.807) is 18.2 Å². The van der Waals surface area contributed by atoms with Crippen molar-refractivity contribution in [1.29, 1.82) is 0 Å². The van der Waals surface area contributed by atoms with Crippen LogP contribution in [-0.2, 0) is 16.1 Å². The van der Waals surface area contributed by atoms with E-state index < -0.39 is 30.1 Å². The summed E-state index contributed by atoms with van der Waals surface area (Å²) in [6.45, 7) is 1.88. The molecular weight excluding hydrogens is 488 g/mol. The number of hydrogen-bond donors (Lipinski definition) is 3. The molecule has 0 aromatic heterocycles. The molecule has 2 aromatic carbocycles. The van der Waals surface area contributed by atoms with Crippen LogP contribution in [0.15, 0.2) is 66.3 Å². The minimum Gasteiger partial charge on any atom is -0.493 e. The number of allylic oxidation sites excluding steroid dienone is 1. The fraction of sp³-hybridized carbons (Fsp3) is 0.345. The third-order valence-corrected chi connectivity index (χ3v) is 6.75. The predicted molar refractivity (Wildman–Crippen MR) is 140 cm³/mol. The molecule has 9 nitrogen and oxygen atoms in total. The summed E-state index contributed by atoms with van der Waals surface area (Å²) in [5.41, 5.74) is 1.99. The van der Waals surface area contributed by atoms with Crippen LogP contribution in [0.25, 0.3) is 0 Å². The van der Waals surface area contributed by atoms with Crippen molar-refractivity contribution in [3.05, 3.63) is 83.0 Å². The van der Waals surface area contributed by atoms with Crippen LogP contribution in [-0.4, -0.2) is 71.7 Å². The molecule has 0 saturated carbocycles. The lowest BCUT2D eigenvalue weighted by atomic mass is 9.77. The minimum atomic E-state index is -1.20. The molecule has 200 valence electrons. The van der Waals surface area contributed by atoms with Gasteiger partial charge in [-0.05, 0) is 36.3 Å². The highest BCUT2D eigenvalue weighted by atomic mass is 16.5. The van der Waals surface area contributed by atoms with Gasteiger partial charge in [-0.2, -0.15) is 0 Å². The van der Waals surface area contributed by atoms with Gasteiger partial charge >= 0.3 is 0 Å². The second kappa shape index (κ2) is 12.1. The quantitative estimate of drug-likeness (QED) is 0.324. The van der Waals surface area contributed by atoms with Crippen molar-refractivity contribution in [3.8, 4) is 11.5 Å². The lowest BCUT2D eigenvalue weighted by molar-refractivity contribution is -0.133. The lowest BCUT2D eigenvalue weighted by Gasteiger charge is -2.40. The van der Waals surface area contributed by atoms with Gasteiger partial charge in [0, 0.05) is 29.8 Å². The number of methoxy groups -OCH3 is 1. The first-order valence-corrected chi connectivity index (χ1v) is 12.6. The molecule has 4 atom stereocenters. The lowest BCUT2D eigenvalue weighted by Crippen LogP contribution is -2.55. The molecule has 2 aliphatic rings. The highest BCUT2D eigenvalue weighted by Gasteiger charge is 2.51. The molecule has 3 N–H and O–H groups in total. The monoisotopic (exact) mass is 520 g/mol. The van der Waals surface area contributed by atoms with E-state index in [1.807, 2.05) is 37.3 Å². The number of aldehydes is 1. The Hall–Kier alpha value is -3.95. The van der Waals surface area contributed by atoms with E-state index in [-0.39, 0.29) is 31.2 Å². The van der Waals surface area contributed by atoms with Crippen molar-refractivity contribution in [3.63, 3.8) is 0 Å². The van der Waals surface area contributed by atoms with E-state index in [0.717, 1.165) is 5.56 Å². The van der Waals surface area contributed by atoms with Gasteiger partial charge in [-0.3, -0.25) is 14.4 Å². The average Bonchev–Trinajstić information content (AvgIpc) is 3.34. The molecule has 9 heteroatoms. The van der Waals surface area contributed by atoms with Crippen molar-refractivity contribution in [2.24, 2.45) is 0 Å². The van der Waals surface area contributed by atoms with Crippen molar-refractivity contribution in [2.45, 2.75) is 44.1 Å². The van der Waals surface area contributed by atoms with E-state index in [2.05, 4.69) is 5.32 Å². The molecule has 1 heterocycles. The summed E-state index contributed by atoms with van der Waals surface area (Å²) in [7, 11) is 1.44. The van der Waals surface area contributed by atoms with Gasteiger partial charge in [-0.15, -0.1) is 0 Å². The van der Waals surface area contributed by atoms with Crippen LogP contribution in [0, 0.1) is 0 Å². The molecule has 2 aromatic rings. The summed E-state index contributed by atoms with van der Waals surface area (Å²) in [5.74, 6) is -0.861. The fourth-order valence-electron chi connectivity index (χ4n) is 4.98. The zero-order chi connectivity index (χ0) is 27.2. The molecule has 0 saturated heterocycles. The molecule has 2 amide bonds. The van der Waals surface area contributed by atoms with Crippen LogP contribution >= 0.6 is 0 Å². The van der Waals surface area contributed by atoms with Crippen LogP contribution in [0.3, 0.4) is 0 Å². The van der Waals surface area contributed by atoms with Crippen LogP contribution in [0.2, 0.25) is 0 Å².